The van der Waals surface area contributed by atoms with E-state index in [9.17, 15) is 4.39 Å². The first-order valence-corrected chi connectivity index (χ1v) is 5.95. The van der Waals surface area contributed by atoms with Crippen molar-refractivity contribution in [1.29, 1.82) is 0 Å². The standard InChI is InChI=1S/C12H16ClFN2.2ClH/c13-10-1-2-12(14)9(7-10)8-16-5-3-11(15)4-6-16;;/h1-2,7,11H,3-6,8,15H2;2*1H. The molecule has 0 bridgehead atoms. The number of piperidine rings is 1. The number of hydrogen-bond acceptors (Lipinski definition) is 2. The van der Waals surface area contributed by atoms with Crippen LogP contribution in [0.3, 0.4) is 0 Å². The third-order valence-electron chi connectivity index (χ3n) is 3.03. The zero-order chi connectivity index (χ0) is 11.5. The fourth-order valence-electron chi connectivity index (χ4n) is 2.02. The molecule has 1 fully saturated rings. The fourth-order valence-corrected chi connectivity index (χ4v) is 2.21. The molecule has 2 rings (SSSR count). The van der Waals surface area contributed by atoms with E-state index in [0.717, 1.165) is 25.9 Å². The molecule has 1 aliphatic rings. The quantitative estimate of drug-likeness (QED) is 0.908. The number of benzene rings is 1. The minimum absolute atomic E-state index is 0. The van der Waals surface area contributed by atoms with Crippen LogP contribution in [0.2, 0.25) is 5.02 Å². The number of nitrogens with zero attached hydrogens (tertiary/aromatic N) is 1. The van der Waals surface area contributed by atoms with Crippen LogP contribution >= 0.6 is 36.4 Å². The molecule has 0 aromatic heterocycles. The normalized spacial score (nSPS) is 16.8. The number of likely N-dealkylation sites (tertiary alicyclic amines) is 1. The second-order valence-electron chi connectivity index (χ2n) is 4.35. The van der Waals surface area contributed by atoms with E-state index >= 15 is 0 Å². The van der Waals surface area contributed by atoms with Crippen molar-refractivity contribution in [3.05, 3.63) is 34.6 Å². The van der Waals surface area contributed by atoms with Gasteiger partial charge < -0.3 is 5.73 Å². The van der Waals surface area contributed by atoms with Gasteiger partial charge in [0, 0.05) is 23.2 Å². The van der Waals surface area contributed by atoms with Crippen LogP contribution in [-0.2, 0) is 6.54 Å². The average Bonchev–Trinajstić information content (AvgIpc) is 2.27. The highest BCUT2D eigenvalue weighted by Crippen LogP contribution is 2.18. The third kappa shape index (κ3) is 4.90. The highest BCUT2D eigenvalue weighted by molar-refractivity contribution is 6.30. The molecule has 0 spiro atoms. The zero-order valence-electron chi connectivity index (χ0n) is 9.94. The van der Waals surface area contributed by atoms with Crippen molar-refractivity contribution in [2.75, 3.05) is 13.1 Å². The predicted octanol–water partition coefficient (Wildman–Crippen LogP) is 3.25. The molecule has 1 aromatic carbocycles. The Morgan fingerprint density at radius 2 is 1.89 bits per heavy atom. The van der Waals surface area contributed by atoms with E-state index in [1.165, 1.54) is 6.07 Å². The number of rotatable bonds is 2. The van der Waals surface area contributed by atoms with Gasteiger partial charge in [0.15, 0.2) is 0 Å². The van der Waals surface area contributed by atoms with Crippen molar-refractivity contribution in [1.82, 2.24) is 4.90 Å². The molecule has 1 aliphatic heterocycles. The molecule has 2 nitrogen and oxygen atoms in total. The van der Waals surface area contributed by atoms with E-state index in [0.29, 0.717) is 23.2 Å². The average molecular weight is 316 g/mol. The summed E-state index contributed by atoms with van der Waals surface area (Å²) < 4.78 is 13.5. The molecule has 0 aliphatic carbocycles. The molecule has 0 radical (unpaired) electrons. The highest BCUT2D eigenvalue weighted by Gasteiger charge is 2.17. The number of nitrogens with two attached hydrogens (primary N) is 1. The summed E-state index contributed by atoms with van der Waals surface area (Å²) in [5, 5.41) is 0.588. The molecule has 2 N–H and O–H groups in total. The molecule has 0 atom stereocenters. The van der Waals surface area contributed by atoms with Gasteiger partial charge in [0.1, 0.15) is 5.82 Å². The molecule has 0 amide bonds. The molecule has 6 heteroatoms. The molecular formula is C12H18Cl3FN2. The van der Waals surface area contributed by atoms with E-state index in [2.05, 4.69) is 4.90 Å². The monoisotopic (exact) mass is 314 g/mol. The first-order chi connectivity index (χ1) is 7.65. The smallest absolute Gasteiger partial charge is 0.127 e. The summed E-state index contributed by atoms with van der Waals surface area (Å²) in [5.41, 5.74) is 6.49. The van der Waals surface area contributed by atoms with Crippen LogP contribution in [0.1, 0.15) is 18.4 Å². The van der Waals surface area contributed by atoms with Crippen LogP contribution < -0.4 is 5.73 Å². The van der Waals surface area contributed by atoms with Gasteiger partial charge in [0.25, 0.3) is 0 Å². The highest BCUT2D eigenvalue weighted by atomic mass is 35.5. The Morgan fingerprint density at radius 1 is 1.28 bits per heavy atom. The summed E-state index contributed by atoms with van der Waals surface area (Å²) in [4.78, 5) is 2.22. The minimum Gasteiger partial charge on any atom is -0.328 e. The first-order valence-electron chi connectivity index (χ1n) is 5.57. The zero-order valence-corrected chi connectivity index (χ0v) is 12.3. The van der Waals surface area contributed by atoms with Crippen molar-refractivity contribution in [3.63, 3.8) is 0 Å². The van der Waals surface area contributed by atoms with Gasteiger partial charge in [-0.1, -0.05) is 11.6 Å². The van der Waals surface area contributed by atoms with Crippen LogP contribution in [0.5, 0.6) is 0 Å². The van der Waals surface area contributed by atoms with Gasteiger partial charge in [0.05, 0.1) is 0 Å². The molecule has 18 heavy (non-hydrogen) atoms. The number of halogens is 4. The van der Waals surface area contributed by atoms with Gasteiger partial charge in [-0.3, -0.25) is 4.90 Å². The molecular weight excluding hydrogens is 298 g/mol. The van der Waals surface area contributed by atoms with Crippen molar-refractivity contribution >= 4 is 36.4 Å². The van der Waals surface area contributed by atoms with Crippen LogP contribution in [0.25, 0.3) is 0 Å². The summed E-state index contributed by atoms with van der Waals surface area (Å²) in [5.74, 6) is -0.181. The van der Waals surface area contributed by atoms with Crippen LogP contribution in [0.4, 0.5) is 4.39 Å². The van der Waals surface area contributed by atoms with Crippen molar-refractivity contribution in [3.8, 4) is 0 Å². The van der Waals surface area contributed by atoms with Crippen LogP contribution in [0, 0.1) is 5.82 Å². The minimum atomic E-state index is -0.181. The van der Waals surface area contributed by atoms with Crippen molar-refractivity contribution in [2.45, 2.75) is 25.4 Å². The van der Waals surface area contributed by atoms with Crippen LogP contribution in [0.15, 0.2) is 18.2 Å². The summed E-state index contributed by atoms with van der Waals surface area (Å²) in [6, 6.07) is 5.01. The summed E-state index contributed by atoms with van der Waals surface area (Å²) in [6.07, 6.45) is 1.98. The lowest BCUT2D eigenvalue weighted by Gasteiger charge is -2.30. The van der Waals surface area contributed by atoms with Crippen molar-refractivity contribution < 1.29 is 4.39 Å². The SMILES string of the molecule is Cl.Cl.NC1CCN(Cc2cc(Cl)ccc2F)CC1. The Bertz CT molecular complexity index is 368. The summed E-state index contributed by atoms with van der Waals surface area (Å²) in [6.45, 7) is 2.50. The number of hydrogen-bond donors (Lipinski definition) is 1. The van der Waals surface area contributed by atoms with Gasteiger partial charge in [-0.25, -0.2) is 4.39 Å². The van der Waals surface area contributed by atoms with Gasteiger partial charge in [-0.05, 0) is 44.1 Å². The van der Waals surface area contributed by atoms with Crippen molar-refractivity contribution in [2.24, 2.45) is 5.73 Å². The third-order valence-corrected chi connectivity index (χ3v) is 3.27. The molecule has 1 saturated heterocycles. The maximum atomic E-state index is 13.5. The predicted molar refractivity (Wildman–Crippen MR) is 78.4 cm³/mol. The van der Waals surface area contributed by atoms with E-state index in [-0.39, 0.29) is 30.6 Å². The second kappa shape index (κ2) is 8.18. The Labute approximate surface area is 124 Å². The van der Waals surface area contributed by atoms with Gasteiger partial charge >= 0.3 is 0 Å². The Kier molecular flexibility index (Phi) is 8.15. The maximum Gasteiger partial charge on any atom is 0.127 e. The topological polar surface area (TPSA) is 29.3 Å². The molecule has 0 saturated carbocycles. The molecule has 1 aromatic rings. The Hall–Kier alpha value is -0.0600. The lowest BCUT2D eigenvalue weighted by Crippen LogP contribution is -2.39. The summed E-state index contributed by atoms with van der Waals surface area (Å²) >= 11 is 5.85. The van der Waals surface area contributed by atoms with Gasteiger partial charge in [-0.15, -0.1) is 24.8 Å². The summed E-state index contributed by atoms with van der Waals surface area (Å²) in [7, 11) is 0. The van der Waals surface area contributed by atoms with Gasteiger partial charge in [-0.2, -0.15) is 0 Å². The van der Waals surface area contributed by atoms with E-state index in [1.54, 1.807) is 12.1 Å². The maximum absolute atomic E-state index is 13.5. The molecule has 104 valence electrons. The lowest BCUT2D eigenvalue weighted by atomic mass is 10.1. The first kappa shape index (κ1) is 17.9. The second-order valence-corrected chi connectivity index (χ2v) is 4.79. The Balaban J connectivity index is 0.00000144. The largest absolute Gasteiger partial charge is 0.328 e. The van der Waals surface area contributed by atoms with Gasteiger partial charge in [0.2, 0.25) is 0 Å². The fraction of sp³-hybridized carbons (Fsp3) is 0.500. The van der Waals surface area contributed by atoms with E-state index < -0.39 is 0 Å². The molecule has 0 unspecified atom stereocenters. The van der Waals surface area contributed by atoms with E-state index in [1.807, 2.05) is 0 Å². The molecule has 1 heterocycles. The Morgan fingerprint density at radius 3 is 2.50 bits per heavy atom. The van der Waals surface area contributed by atoms with Crippen LogP contribution in [-0.4, -0.2) is 24.0 Å². The lowest BCUT2D eigenvalue weighted by molar-refractivity contribution is 0.203. The van der Waals surface area contributed by atoms with E-state index in [4.69, 9.17) is 17.3 Å².